The molecule has 0 N–H and O–H groups in total. The van der Waals surface area contributed by atoms with Gasteiger partial charge in [0.15, 0.2) is 0 Å². The van der Waals surface area contributed by atoms with E-state index in [-0.39, 0.29) is 17.9 Å². The van der Waals surface area contributed by atoms with Gasteiger partial charge in [-0.3, -0.25) is 4.31 Å². The zero-order valence-electron chi connectivity index (χ0n) is 11.0. The largest absolute Gasteiger partial charge is 0.265 e. The highest BCUT2D eigenvalue weighted by Crippen LogP contribution is 2.25. The maximum Gasteiger partial charge on any atom is 0.265 e. The first kappa shape index (κ1) is 14.6. The minimum atomic E-state index is -3.61. The molecule has 0 fully saturated rings. The number of benzene rings is 1. The highest BCUT2D eigenvalue weighted by molar-refractivity contribution is 7.93. The van der Waals surface area contributed by atoms with Crippen LogP contribution in [-0.2, 0) is 10.0 Å². The van der Waals surface area contributed by atoms with Crippen molar-refractivity contribution >= 4 is 27.0 Å². The van der Waals surface area contributed by atoms with Crippen LogP contribution in [0.15, 0.2) is 46.0 Å². The Kier molecular flexibility index (Phi) is 4.42. The third kappa shape index (κ3) is 3.00. The van der Waals surface area contributed by atoms with Gasteiger partial charge in [0.2, 0.25) is 0 Å². The Morgan fingerprint density at radius 2 is 2.15 bits per heavy atom. The van der Waals surface area contributed by atoms with Crippen molar-refractivity contribution in [3.8, 4) is 6.07 Å². The third-order valence-electron chi connectivity index (χ3n) is 2.80. The summed E-state index contributed by atoms with van der Waals surface area (Å²) in [4.78, 5) is 0.266. The summed E-state index contributed by atoms with van der Waals surface area (Å²) < 4.78 is 26.6. The molecule has 0 saturated heterocycles. The summed E-state index contributed by atoms with van der Waals surface area (Å²) >= 11 is 1.34. The Labute approximate surface area is 123 Å². The molecule has 0 aliphatic rings. The average Bonchev–Trinajstić information content (AvgIpc) is 2.93. The first-order valence-corrected chi connectivity index (χ1v) is 8.42. The predicted octanol–water partition coefficient (Wildman–Crippen LogP) is 3.17. The van der Waals surface area contributed by atoms with Gasteiger partial charge in [-0.25, -0.2) is 8.42 Å². The molecule has 0 unspecified atom stereocenters. The molecular formula is C14H14N2O2S2. The van der Waals surface area contributed by atoms with E-state index in [0.29, 0.717) is 5.69 Å². The van der Waals surface area contributed by atoms with E-state index in [2.05, 4.69) is 0 Å². The number of rotatable bonds is 5. The molecule has 1 aromatic carbocycles. The van der Waals surface area contributed by atoms with Crippen molar-refractivity contribution in [1.29, 1.82) is 5.26 Å². The van der Waals surface area contributed by atoms with Crippen LogP contribution in [0.1, 0.15) is 12.0 Å². The smallest absolute Gasteiger partial charge is 0.265 e. The molecule has 1 aromatic heterocycles. The van der Waals surface area contributed by atoms with Gasteiger partial charge in [0, 0.05) is 11.9 Å². The number of nitrogens with zero attached hydrogens (tertiary/aromatic N) is 2. The zero-order chi connectivity index (χ0) is 14.6. The van der Waals surface area contributed by atoms with Crippen molar-refractivity contribution in [2.45, 2.75) is 18.2 Å². The Balaban J connectivity index is 2.46. The summed E-state index contributed by atoms with van der Waals surface area (Å²) in [5.41, 5.74) is 1.57. The van der Waals surface area contributed by atoms with Gasteiger partial charge in [-0.05, 0) is 36.1 Å². The molecule has 0 spiro atoms. The monoisotopic (exact) mass is 306 g/mol. The Hall–Kier alpha value is -1.84. The van der Waals surface area contributed by atoms with Crippen LogP contribution in [0.3, 0.4) is 0 Å². The third-order valence-corrected chi connectivity index (χ3v) is 5.46. The van der Waals surface area contributed by atoms with Gasteiger partial charge in [0.1, 0.15) is 0 Å². The van der Waals surface area contributed by atoms with Crippen molar-refractivity contribution < 1.29 is 8.42 Å². The molecule has 0 atom stereocenters. The Bertz CT molecular complexity index is 716. The predicted molar refractivity (Wildman–Crippen MR) is 80.3 cm³/mol. The van der Waals surface area contributed by atoms with Crippen LogP contribution in [0.4, 0.5) is 5.69 Å². The number of nitriles is 1. The summed E-state index contributed by atoms with van der Waals surface area (Å²) in [5.74, 6) is 0. The van der Waals surface area contributed by atoms with Gasteiger partial charge in [-0.2, -0.15) is 16.6 Å². The number of aryl methyl sites for hydroxylation is 1. The molecule has 6 heteroatoms. The molecular weight excluding hydrogens is 292 g/mol. The second-order valence-electron chi connectivity index (χ2n) is 4.28. The number of sulfonamides is 1. The highest BCUT2D eigenvalue weighted by atomic mass is 32.2. The van der Waals surface area contributed by atoms with Gasteiger partial charge < -0.3 is 0 Å². The van der Waals surface area contributed by atoms with Crippen LogP contribution in [-0.4, -0.2) is 15.0 Å². The Morgan fingerprint density at radius 1 is 1.35 bits per heavy atom. The first-order chi connectivity index (χ1) is 9.55. The van der Waals surface area contributed by atoms with Crippen LogP contribution in [0.2, 0.25) is 0 Å². The van der Waals surface area contributed by atoms with Gasteiger partial charge >= 0.3 is 0 Å². The molecule has 104 valence electrons. The average molecular weight is 306 g/mol. The summed E-state index contributed by atoms with van der Waals surface area (Å²) in [6, 6.07) is 10.8. The minimum Gasteiger partial charge on any atom is -0.265 e. The molecule has 4 nitrogen and oxygen atoms in total. The number of hydrogen-bond donors (Lipinski definition) is 0. The Morgan fingerprint density at radius 3 is 2.75 bits per heavy atom. The fourth-order valence-electron chi connectivity index (χ4n) is 1.85. The van der Waals surface area contributed by atoms with Gasteiger partial charge in [-0.1, -0.05) is 12.1 Å². The maximum atomic E-state index is 12.6. The fraction of sp³-hybridized carbons (Fsp3) is 0.214. The summed E-state index contributed by atoms with van der Waals surface area (Å²) in [5, 5.41) is 12.1. The lowest BCUT2D eigenvalue weighted by molar-refractivity contribution is 0.591. The fourth-order valence-corrected chi connectivity index (χ4v) is 4.32. The van der Waals surface area contributed by atoms with Crippen LogP contribution in [0.5, 0.6) is 0 Å². The molecule has 2 aromatic rings. The van der Waals surface area contributed by atoms with E-state index in [0.717, 1.165) is 5.56 Å². The standard InChI is InChI=1S/C14H14N2O2S2/c1-12-4-2-5-13(10-12)16(8-3-7-15)20(17,18)14-6-9-19-11-14/h2,4-6,9-11H,3,8H2,1H3. The van der Waals surface area contributed by atoms with Crippen molar-refractivity contribution in [3.63, 3.8) is 0 Å². The lowest BCUT2D eigenvalue weighted by atomic mass is 10.2. The van der Waals surface area contributed by atoms with Crippen LogP contribution in [0.25, 0.3) is 0 Å². The van der Waals surface area contributed by atoms with Crippen molar-refractivity contribution in [2.75, 3.05) is 10.8 Å². The van der Waals surface area contributed by atoms with E-state index in [1.54, 1.807) is 29.0 Å². The minimum absolute atomic E-state index is 0.150. The normalized spacial score (nSPS) is 11.0. The lowest BCUT2D eigenvalue weighted by Crippen LogP contribution is -2.31. The van der Waals surface area contributed by atoms with Crippen LogP contribution in [0, 0.1) is 18.3 Å². The van der Waals surface area contributed by atoms with E-state index in [1.807, 2.05) is 25.1 Å². The highest BCUT2D eigenvalue weighted by Gasteiger charge is 2.24. The second kappa shape index (κ2) is 6.07. The molecule has 20 heavy (non-hydrogen) atoms. The molecule has 0 amide bonds. The molecule has 0 aliphatic heterocycles. The van der Waals surface area contributed by atoms with E-state index in [1.165, 1.54) is 15.6 Å². The second-order valence-corrected chi connectivity index (χ2v) is 6.93. The first-order valence-electron chi connectivity index (χ1n) is 6.04. The molecule has 0 bridgehead atoms. The van der Waals surface area contributed by atoms with Gasteiger partial charge in [0.05, 0.1) is 23.1 Å². The molecule has 0 aliphatic carbocycles. The number of thiophene rings is 1. The van der Waals surface area contributed by atoms with Crippen molar-refractivity contribution in [1.82, 2.24) is 0 Å². The van der Waals surface area contributed by atoms with E-state index >= 15 is 0 Å². The zero-order valence-corrected chi connectivity index (χ0v) is 12.6. The molecule has 1 heterocycles. The molecule has 0 radical (unpaired) electrons. The van der Waals surface area contributed by atoms with Crippen molar-refractivity contribution in [3.05, 3.63) is 46.7 Å². The van der Waals surface area contributed by atoms with Gasteiger partial charge in [0.25, 0.3) is 10.0 Å². The molecule has 2 rings (SSSR count). The maximum absolute atomic E-state index is 12.6. The van der Waals surface area contributed by atoms with E-state index < -0.39 is 10.0 Å². The lowest BCUT2D eigenvalue weighted by Gasteiger charge is -2.23. The molecule has 0 saturated carbocycles. The van der Waals surface area contributed by atoms with Crippen molar-refractivity contribution in [2.24, 2.45) is 0 Å². The van der Waals surface area contributed by atoms with Crippen LogP contribution >= 0.6 is 11.3 Å². The van der Waals surface area contributed by atoms with Crippen LogP contribution < -0.4 is 4.31 Å². The van der Waals surface area contributed by atoms with E-state index in [4.69, 9.17) is 5.26 Å². The quantitative estimate of drug-likeness (QED) is 0.852. The topological polar surface area (TPSA) is 61.2 Å². The summed E-state index contributed by atoms with van der Waals surface area (Å²) in [6.07, 6.45) is 0.150. The number of hydrogen-bond acceptors (Lipinski definition) is 4. The number of anilines is 1. The summed E-state index contributed by atoms with van der Waals surface area (Å²) in [6.45, 7) is 2.06. The van der Waals surface area contributed by atoms with Gasteiger partial charge in [-0.15, -0.1) is 0 Å². The van der Waals surface area contributed by atoms with E-state index in [9.17, 15) is 8.42 Å². The SMILES string of the molecule is Cc1cccc(N(CCC#N)S(=O)(=O)c2ccsc2)c1. The summed E-state index contributed by atoms with van der Waals surface area (Å²) in [7, 11) is -3.61.